The Morgan fingerprint density at radius 2 is 1.71 bits per heavy atom. The third kappa shape index (κ3) is 5.62. The Morgan fingerprint density at radius 3 is 2.40 bits per heavy atom. The van der Waals surface area contributed by atoms with Gasteiger partial charge in [-0.15, -0.1) is 0 Å². The quantitative estimate of drug-likeness (QED) is 0.505. The Morgan fingerprint density at radius 1 is 0.971 bits per heavy atom. The van der Waals surface area contributed by atoms with E-state index in [9.17, 15) is 14.4 Å². The lowest BCUT2D eigenvalue weighted by molar-refractivity contribution is -0.126. The predicted octanol–water partition coefficient (Wildman–Crippen LogP) is 4.46. The van der Waals surface area contributed by atoms with Crippen LogP contribution in [0.2, 0.25) is 0 Å². The van der Waals surface area contributed by atoms with Gasteiger partial charge in [0.25, 0.3) is 5.91 Å². The van der Waals surface area contributed by atoms with Gasteiger partial charge in [-0.3, -0.25) is 19.3 Å². The van der Waals surface area contributed by atoms with Crippen molar-refractivity contribution >= 4 is 23.4 Å². The van der Waals surface area contributed by atoms with Gasteiger partial charge in [-0.25, -0.2) is 0 Å². The van der Waals surface area contributed by atoms with E-state index in [0.29, 0.717) is 11.3 Å². The van der Waals surface area contributed by atoms with Crippen LogP contribution in [0.25, 0.3) is 0 Å². The lowest BCUT2D eigenvalue weighted by Crippen LogP contribution is -2.49. The van der Waals surface area contributed by atoms with E-state index in [2.05, 4.69) is 10.6 Å². The van der Waals surface area contributed by atoms with Crippen molar-refractivity contribution in [3.63, 3.8) is 0 Å². The van der Waals surface area contributed by atoms with Crippen molar-refractivity contribution in [3.05, 3.63) is 89.4 Å². The monoisotopic (exact) mass is 473 g/mol. The van der Waals surface area contributed by atoms with Gasteiger partial charge in [-0.05, 0) is 61.6 Å². The van der Waals surface area contributed by atoms with Gasteiger partial charge < -0.3 is 15.1 Å². The van der Waals surface area contributed by atoms with Gasteiger partial charge in [0.05, 0.1) is 12.8 Å². The molecule has 0 saturated heterocycles. The first kappa shape index (κ1) is 24.3. The fourth-order valence-corrected chi connectivity index (χ4v) is 4.55. The molecule has 1 unspecified atom stereocenters. The third-order valence-electron chi connectivity index (χ3n) is 6.57. The zero-order valence-electron chi connectivity index (χ0n) is 20.1. The first-order valence-electron chi connectivity index (χ1n) is 12.0. The summed E-state index contributed by atoms with van der Waals surface area (Å²) in [6, 6.07) is 17.3. The molecule has 7 heteroatoms. The molecule has 1 saturated carbocycles. The summed E-state index contributed by atoms with van der Waals surface area (Å²) in [7, 11) is 0. The molecule has 182 valence electrons. The Balaban J connectivity index is 1.70. The molecule has 1 atom stereocenters. The Bertz CT molecular complexity index is 1170. The van der Waals surface area contributed by atoms with Crippen LogP contribution in [0.4, 0.5) is 5.69 Å². The molecule has 0 aliphatic heterocycles. The molecule has 3 amide bonds. The fraction of sp³-hybridized carbons (Fsp3) is 0.321. The van der Waals surface area contributed by atoms with Crippen LogP contribution in [-0.4, -0.2) is 30.3 Å². The molecular formula is C28H31N3O4. The van der Waals surface area contributed by atoms with Gasteiger partial charge in [0.15, 0.2) is 5.76 Å². The van der Waals surface area contributed by atoms with E-state index in [0.717, 1.165) is 36.8 Å². The Hall–Kier alpha value is -3.87. The van der Waals surface area contributed by atoms with Crippen molar-refractivity contribution in [1.29, 1.82) is 0 Å². The number of furan rings is 1. The van der Waals surface area contributed by atoms with E-state index in [-0.39, 0.29) is 24.3 Å². The normalized spacial score (nSPS) is 14.3. The molecule has 2 N–H and O–H groups in total. The van der Waals surface area contributed by atoms with Gasteiger partial charge in [-0.2, -0.15) is 0 Å². The van der Waals surface area contributed by atoms with Gasteiger partial charge in [0, 0.05) is 11.7 Å². The summed E-state index contributed by atoms with van der Waals surface area (Å²) >= 11 is 0. The molecule has 1 heterocycles. The van der Waals surface area contributed by atoms with Crippen LogP contribution >= 0.6 is 0 Å². The van der Waals surface area contributed by atoms with E-state index >= 15 is 0 Å². The van der Waals surface area contributed by atoms with E-state index in [1.807, 2.05) is 62.4 Å². The zero-order chi connectivity index (χ0) is 24.8. The average molecular weight is 474 g/mol. The minimum Gasteiger partial charge on any atom is -0.459 e. The zero-order valence-corrected chi connectivity index (χ0v) is 20.1. The maximum atomic E-state index is 13.7. The standard InChI is InChI=1S/C28H31N3O4/c1-19-10-8-15-23(20(19)2)31(25(32)18-29-27(33)24-16-9-17-35-24)26(21-11-4-3-5-12-21)28(34)30-22-13-6-7-14-22/h3-5,8-12,15-17,22,26H,6-7,13-14,18H2,1-2H3,(H,29,33)(H,30,34). The summed E-state index contributed by atoms with van der Waals surface area (Å²) in [5.41, 5.74) is 3.24. The van der Waals surface area contributed by atoms with Crippen molar-refractivity contribution in [2.45, 2.75) is 51.6 Å². The molecule has 0 bridgehead atoms. The molecule has 3 aromatic rings. The summed E-state index contributed by atoms with van der Waals surface area (Å²) in [6.07, 6.45) is 5.43. The van der Waals surface area contributed by atoms with Crippen LogP contribution in [0, 0.1) is 13.8 Å². The van der Waals surface area contributed by atoms with Crippen LogP contribution < -0.4 is 15.5 Å². The van der Waals surface area contributed by atoms with E-state index in [1.165, 1.54) is 17.2 Å². The molecule has 1 aliphatic carbocycles. The lowest BCUT2D eigenvalue weighted by atomic mass is 10.00. The van der Waals surface area contributed by atoms with Crippen molar-refractivity contribution in [2.24, 2.45) is 0 Å². The molecule has 1 aromatic heterocycles. The average Bonchev–Trinajstić information content (AvgIpc) is 3.58. The van der Waals surface area contributed by atoms with Crippen LogP contribution in [0.15, 0.2) is 71.3 Å². The summed E-state index contributed by atoms with van der Waals surface area (Å²) in [4.78, 5) is 41.4. The number of benzene rings is 2. The summed E-state index contributed by atoms with van der Waals surface area (Å²) < 4.78 is 5.14. The molecular weight excluding hydrogens is 442 g/mol. The maximum Gasteiger partial charge on any atom is 0.287 e. The number of nitrogens with one attached hydrogen (secondary N) is 2. The van der Waals surface area contributed by atoms with Crippen molar-refractivity contribution in [1.82, 2.24) is 10.6 Å². The highest BCUT2D eigenvalue weighted by molar-refractivity contribution is 6.04. The second-order valence-electron chi connectivity index (χ2n) is 8.95. The summed E-state index contributed by atoms with van der Waals surface area (Å²) in [5.74, 6) is -0.991. The highest BCUT2D eigenvalue weighted by atomic mass is 16.3. The molecule has 1 aliphatic rings. The Kier molecular flexibility index (Phi) is 7.65. The topological polar surface area (TPSA) is 91.7 Å². The number of hydrogen-bond donors (Lipinski definition) is 2. The fourth-order valence-electron chi connectivity index (χ4n) is 4.55. The number of anilines is 1. The minimum absolute atomic E-state index is 0.0999. The van der Waals surface area contributed by atoms with E-state index < -0.39 is 17.9 Å². The molecule has 35 heavy (non-hydrogen) atoms. The molecule has 4 rings (SSSR count). The molecule has 7 nitrogen and oxygen atoms in total. The third-order valence-corrected chi connectivity index (χ3v) is 6.57. The lowest BCUT2D eigenvalue weighted by Gasteiger charge is -2.33. The largest absolute Gasteiger partial charge is 0.459 e. The highest BCUT2D eigenvalue weighted by Crippen LogP contribution is 2.32. The number of aryl methyl sites for hydroxylation is 1. The summed E-state index contributed by atoms with van der Waals surface area (Å²) in [5, 5.41) is 5.80. The second kappa shape index (κ2) is 11.0. The van der Waals surface area contributed by atoms with E-state index in [1.54, 1.807) is 6.07 Å². The van der Waals surface area contributed by atoms with Gasteiger partial charge in [0.1, 0.15) is 6.04 Å². The van der Waals surface area contributed by atoms with Crippen LogP contribution in [0.5, 0.6) is 0 Å². The smallest absolute Gasteiger partial charge is 0.287 e. The Labute approximate surface area is 205 Å². The van der Waals surface area contributed by atoms with Gasteiger partial charge in [0.2, 0.25) is 11.8 Å². The van der Waals surface area contributed by atoms with Crippen molar-refractivity contribution < 1.29 is 18.8 Å². The predicted molar refractivity (Wildman–Crippen MR) is 134 cm³/mol. The van der Waals surface area contributed by atoms with Gasteiger partial charge in [-0.1, -0.05) is 55.3 Å². The van der Waals surface area contributed by atoms with Crippen LogP contribution in [0.3, 0.4) is 0 Å². The number of nitrogens with zero attached hydrogens (tertiary/aromatic N) is 1. The van der Waals surface area contributed by atoms with Crippen molar-refractivity contribution in [3.8, 4) is 0 Å². The number of carbonyl (C=O) groups excluding carboxylic acids is 3. The second-order valence-corrected chi connectivity index (χ2v) is 8.95. The van der Waals surface area contributed by atoms with Crippen LogP contribution in [0.1, 0.15) is 59.0 Å². The van der Waals surface area contributed by atoms with Crippen molar-refractivity contribution in [2.75, 3.05) is 11.4 Å². The number of amides is 3. The number of hydrogen-bond acceptors (Lipinski definition) is 4. The number of rotatable bonds is 8. The molecule has 1 fully saturated rings. The summed E-state index contributed by atoms with van der Waals surface area (Å²) in [6.45, 7) is 3.62. The minimum atomic E-state index is -0.884. The number of carbonyl (C=O) groups is 3. The highest BCUT2D eigenvalue weighted by Gasteiger charge is 2.35. The SMILES string of the molecule is Cc1cccc(N(C(=O)CNC(=O)c2ccco2)C(C(=O)NC2CCCC2)c2ccccc2)c1C. The van der Waals surface area contributed by atoms with Gasteiger partial charge >= 0.3 is 0 Å². The maximum absolute atomic E-state index is 13.7. The van der Waals surface area contributed by atoms with Crippen LogP contribution in [-0.2, 0) is 9.59 Å². The first-order valence-corrected chi connectivity index (χ1v) is 12.0. The first-order chi connectivity index (χ1) is 17.0. The van der Waals surface area contributed by atoms with E-state index in [4.69, 9.17) is 4.42 Å². The molecule has 2 aromatic carbocycles. The molecule has 0 radical (unpaired) electrons. The molecule has 0 spiro atoms.